The number of nitrogens with two attached hydrogens (primary N) is 1. The Morgan fingerprint density at radius 2 is 2.24 bits per heavy atom. The highest BCUT2D eigenvalue weighted by molar-refractivity contribution is 6.45. The third-order valence-electron chi connectivity index (χ3n) is 3.63. The molecule has 130 valence electrons. The highest BCUT2D eigenvalue weighted by Crippen LogP contribution is 2.38. The fourth-order valence-electron chi connectivity index (χ4n) is 2.50. The minimum Gasteiger partial charge on any atom is -0.439 e. The molecule has 8 nitrogen and oxygen atoms in total. The molecule has 10 heteroatoms. The monoisotopic (exact) mass is 381 g/mol. The van der Waals surface area contributed by atoms with Gasteiger partial charge in [-0.05, 0) is 6.07 Å². The van der Waals surface area contributed by atoms with E-state index in [1.54, 1.807) is 18.5 Å². The fourth-order valence-corrected chi connectivity index (χ4v) is 2.87. The molecule has 5 N–H and O–H groups in total. The summed E-state index contributed by atoms with van der Waals surface area (Å²) in [4.78, 5) is 25.3. The van der Waals surface area contributed by atoms with Crippen molar-refractivity contribution in [2.75, 3.05) is 0 Å². The first-order chi connectivity index (χ1) is 12.0. The number of halogens is 2. The molecule has 0 bridgehead atoms. The van der Waals surface area contributed by atoms with Gasteiger partial charge in [-0.2, -0.15) is 5.10 Å². The number of nitrogens with one attached hydrogen (secondary N) is 3. The number of hydrogen-bond donors (Lipinski definition) is 4. The van der Waals surface area contributed by atoms with Crippen molar-refractivity contribution in [2.45, 2.75) is 12.8 Å². The lowest BCUT2D eigenvalue weighted by Gasteiger charge is -2.10. The van der Waals surface area contributed by atoms with Gasteiger partial charge in [0.1, 0.15) is 0 Å². The van der Waals surface area contributed by atoms with Crippen molar-refractivity contribution in [3.8, 4) is 11.1 Å². The summed E-state index contributed by atoms with van der Waals surface area (Å²) >= 11 is 12.3. The zero-order valence-corrected chi connectivity index (χ0v) is 14.2. The van der Waals surface area contributed by atoms with E-state index >= 15 is 0 Å². The van der Waals surface area contributed by atoms with Gasteiger partial charge in [-0.1, -0.05) is 29.3 Å². The van der Waals surface area contributed by atoms with Crippen molar-refractivity contribution in [1.29, 1.82) is 0 Å². The van der Waals surface area contributed by atoms with Crippen LogP contribution in [0.25, 0.3) is 22.0 Å². The topological polar surface area (TPSA) is 126 Å². The molecular weight excluding hydrogens is 369 g/mol. The predicted octanol–water partition coefficient (Wildman–Crippen LogP) is 1.94. The van der Waals surface area contributed by atoms with Crippen LogP contribution in [0.4, 0.5) is 0 Å². The van der Waals surface area contributed by atoms with Crippen LogP contribution in [0.3, 0.4) is 0 Å². The number of rotatable bonds is 6. The third-order valence-corrected chi connectivity index (χ3v) is 4.43. The standard InChI is InChI=1S/C15H13Cl2N5O3/c16-9-2-1-8-11(7-3-20-21-4-7)10(22-13(8)12(9)17)5-19-15(24)14(18)25-6-23/h1-4,6,14,22H,5,18H2,(H,19,24)(H,20,21). The smallest absolute Gasteiger partial charge is 0.295 e. The Morgan fingerprint density at radius 1 is 1.44 bits per heavy atom. The van der Waals surface area contributed by atoms with Crippen LogP contribution in [0.15, 0.2) is 24.5 Å². The Morgan fingerprint density at radius 3 is 2.92 bits per heavy atom. The normalized spacial score (nSPS) is 12.1. The molecule has 1 aromatic carbocycles. The summed E-state index contributed by atoms with van der Waals surface area (Å²) in [7, 11) is 0. The maximum absolute atomic E-state index is 11.8. The van der Waals surface area contributed by atoms with E-state index in [9.17, 15) is 9.59 Å². The number of aromatic amines is 2. The number of aromatic nitrogens is 3. The van der Waals surface area contributed by atoms with Crippen LogP contribution in [-0.4, -0.2) is 33.8 Å². The van der Waals surface area contributed by atoms with E-state index in [1.165, 1.54) is 0 Å². The molecule has 25 heavy (non-hydrogen) atoms. The number of carbonyl (C=O) groups excluding carboxylic acids is 2. The summed E-state index contributed by atoms with van der Waals surface area (Å²) in [5, 5.41) is 10.9. The van der Waals surface area contributed by atoms with E-state index < -0.39 is 12.1 Å². The second kappa shape index (κ2) is 7.14. The van der Waals surface area contributed by atoms with Crippen LogP contribution in [-0.2, 0) is 20.9 Å². The number of amides is 1. The van der Waals surface area contributed by atoms with Crippen LogP contribution < -0.4 is 11.1 Å². The van der Waals surface area contributed by atoms with Crippen molar-refractivity contribution in [3.63, 3.8) is 0 Å². The minimum atomic E-state index is -1.38. The lowest BCUT2D eigenvalue weighted by Crippen LogP contribution is -2.42. The van der Waals surface area contributed by atoms with E-state index in [-0.39, 0.29) is 13.0 Å². The zero-order valence-electron chi connectivity index (χ0n) is 12.7. The van der Waals surface area contributed by atoms with Gasteiger partial charge in [0, 0.05) is 28.4 Å². The Bertz CT molecular complexity index is 923. The molecule has 2 aromatic heterocycles. The maximum Gasteiger partial charge on any atom is 0.295 e. The number of H-pyrrole nitrogens is 2. The molecule has 2 heterocycles. The van der Waals surface area contributed by atoms with Gasteiger partial charge in [0.05, 0.1) is 28.3 Å². The molecule has 3 rings (SSSR count). The number of benzene rings is 1. The molecule has 1 amide bonds. The summed E-state index contributed by atoms with van der Waals surface area (Å²) in [6.45, 7) is 0.226. The molecule has 0 radical (unpaired) electrons. The molecule has 1 atom stereocenters. The molecule has 0 saturated carbocycles. The van der Waals surface area contributed by atoms with Crippen LogP contribution in [0, 0.1) is 0 Å². The Balaban J connectivity index is 1.99. The van der Waals surface area contributed by atoms with Crippen molar-refractivity contribution in [3.05, 3.63) is 40.3 Å². The first-order valence-electron chi connectivity index (χ1n) is 7.13. The highest BCUT2D eigenvalue weighted by atomic mass is 35.5. The highest BCUT2D eigenvalue weighted by Gasteiger charge is 2.19. The average Bonchev–Trinajstić information content (AvgIpc) is 3.23. The molecule has 3 aromatic rings. The number of carbonyl (C=O) groups is 2. The van der Waals surface area contributed by atoms with Crippen LogP contribution in [0.2, 0.25) is 10.0 Å². The lowest BCUT2D eigenvalue weighted by atomic mass is 10.1. The summed E-state index contributed by atoms with van der Waals surface area (Å²) in [6, 6.07) is 3.52. The van der Waals surface area contributed by atoms with Gasteiger partial charge >= 0.3 is 0 Å². The number of ether oxygens (including phenoxy) is 1. The first-order valence-corrected chi connectivity index (χ1v) is 7.88. The molecule has 1 unspecified atom stereocenters. The summed E-state index contributed by atoms with van der Waals surface area (Å²) in [5.74, 6) is -0.631. The summed E-state index contributed by atoms with van der Waals surface area (Å²) < 4.78 is 4.41. The van der Waals surface area contributed by atoms with Crippen LogP contribution in [0.5, 0.6) is 0 Å². The molecule has 0 fully saturated rings. The number of hydrogen-bond acceptors (Lipinski definition) is 5. The van der Waals surface area contributed by atoms with E-state index in [0.29, 0.717) is 21.3 Å². The Kier molecular flexibility index (Phi) is 4.93. The van der Waals surface area contributed by atoms with Crippen molar-refractivity contribution < 1.29 is 14.3 Å². The predicted molar refractivity (Wildman–Crippen MR) is 92.9 cm³/mol. The molecular formula is C15H13Cl2N5O3. The van der Waals surface area contributed by atoms with Gasteiger partial charge in [-0.25, -0.2) is 0 Å². The van der Waals surface area contributed by atoms with E-state index in [1.807, 2.05) is 6.07 Å². The summed E-state index contributed by atoms with van der Waals surface area (Å²) in [6.07, 6.45) is 1.99. The minimum absolute atomic E-state index is 0.109. The van der Waals surface area contributed by atoms with Gasteiger partial charge in [0.25, 0.3) is 12.4 Å². The van der Waals surface area contributed by atoms with Gasteiger partial charge < -0.3 is 15.0 Å². The Labute approximate surface area is 151 Å². The summed E-state index contributed by atoms with van der Waals surface area (Å²) in [5.41, 5.74) is 8.35. The number of nitrogens with zero attached hydrogens (tertiary/aromatic N) is 1. The molecule has 0 aliphatic rings. The van der Waals surface area contributed by atoms with E-state index in [2.05, 4.69) is 25.2 Å². The van der Waals surface area contributed by atoms with Crippen molar-refractivity contribution in [1.82, 2.24) is 20.5 Å². The SMILES string of the molecule is NC(OC=O)C(=O)NCc1[nH]c2c(Cl)c(Cl)ccc2c1-c1cn[nH]c1. The second-order valence-electron chi connectivity index (χ2n) is 5.12. The Hall–Kier alpha value is -2.55. The second-order valence-corrected chi connectivity index (χ2v) is 5.91. The van der Waals surface area contributed by atoms with Crippen molar-refractivity contribution >= 4 is 46.5 Å². The van der Waals surface area contributed by atoms with Gasteiger partial charge in [0.2, 0.25) is 6.23 Å². The maximum atomic E-state index is 11.8. The van der Waals surface area contributed by atoms with Gasteiger partial charge in [-0.15, -0.1) is 0 Å². The van der Waals surface area contributed by atoms with Crippen molar-refractivity contribution in [2.24, 2.45) is 5.73 Å². The zero-order chi connectivity index (χ0) is 18.0. The largest absolute Gasteiger partial charge is 0.439 e. The van der Waals surface area contributed by atoms with Crippen LogP contribution in [0.1, 0.15) is 5.69 Å². The molecule has 0 aliphatic carbocycles. The van der Waals surface area contributed by atoms with Crippen LogP contribution >= 0.6 is 23.2 Å². The third kappa shape index (κ3) is 3.32. The average molecular weight is 382 g/mol. The molecule has 0 spiro atoms. The number of fused-ring (bicyclic) bond motifs is 1. The van der Waals surface area contributed by atoms with Gasteiger partial charge in [-0.3, -0.25) is 20.4 Å². The molecule has 0 saturated heterocycles. The van der Waals surface area contributed by atoms with E-state index in [0.717, 1.165) is 16.5 Å². The molecule has 0 aliphatic heterocycles. The quantitative estimate of drug-likeness (QED) is 0.383. The lowest BCUT2D eigenvalue weighted by molar-refractivity contribution is -0.144. The van der Waals surface area contributed by atoms with E-state index in [4.69, 9.17) is 28.9 Å². The first kappa shape index (κ1) is 17.3. The van der Waals surface area contributed by atoms with Gasteiger partial charge in [0.15, 0.2) is 0 Å². The fraction of sp³-hybridized carbons (Fsp3) is 0.133.